The Morgan fingerprint density at radius 3 is 3.10 bits per heavy atom. The molecule has 1 amide bonds. The third-order valence-corrected chi connectivity index (χ3v) is 3.78. The summed E-state index contributed by atoms with van der Waals surface area (Å²) in [5.41, 5.74) is 4.38. The SMILES string of the molecule is Cc1[nH]ncc1CNC(=O)C1CNc2ccccc2C1. The molecule has 0 bridgehead atoms. The van der Waals surface area contributed by atoms with Crippen LogP contribution in [0.3, 0.4) is 0 Å². The van der Waals surface area contributed by atoms with Crippen LogP contribution in [0.1, 0.15) is 16.8 Å². The van der Waals surface area contributed by atoms with Gasteiger partial charge in [0, 0.05) is 30.0 Å². The van der Waals surface area contributed by atoms with Crippen LogP contribution in [-0.4, -0.2) is 22.6 Å². The Kier molecular flexibility index (Phi) is 3.41. The van der Waals surface area contributed by atoms with Crippen molar-refractivity contribution in [2.45, 2.75) is 19.9 Å². The number of carbonyl (C=O) groups is 1. The number of benzene rings is 1. The summed E-state index contributed by atoms with van der Waals surface area (Å²) in [5, 5.41) is 13.1. The fraction of sp³-hybridized carbons (Fsp3) is 0.333. The number of para-hydroxylation sites is 1. The molecular formula is C15H18N4O. The zero-order chi connectivity index (χ0) is 13.9. The van der Waals surface area contributed by atoms with Gasteiger partial charge in [-0.2, -0.15) is 5.10 Å². The van der Waals surface area contributed by atoms with Gasteiger partial charge in [-0.3, -0.25) is 9.89 Å². The number of rotatable bonds is 3. The highest BCUT2D eigenvalue weighted by Crippen LogP contribution is 2.24. The second-order valence-electron chi connectivity index (χ2n) is 5.18. The van der Waals surface area contributed by atoms with Crippen molar-refractivity contribution in [3.63, 3.8) is 0 Å². The molecular weight excluding hydrogens is 252 g/mol. The first-order valence-corrected chi connectivity index (χ1v) is 6.82. The molecule has 0 fully saturated rings. The Morgan fingerprint density at radius 2 is 2.30 bits per heavy atom. The molecule has 1 atom stereocenters. The number of nitrogens with zero attached hydrogens (tertiary/aromatic N) is 1. The van der Waals surface area contributed by atoms with E-state index in [4.69, 9.17) is 0 Å². The maximum atomic E-state index is 12.2. The lowest BCUT2D eigenvalue weighted by molar-refractivity contribution is -0.124. The summed E-state index contributed by atoms with van der Waals surface area (Å²) in [6, 6.07) is 8.14. The first-order chi connectivity index (χ1) is 9.74. The van der Waals surface area contributed by atoms with E-state index in [0.29, 0.717) is 13.1 Å². The molecule has 104 valence electrons. The monoisotopic (exact) mass is 270 g/mol. The third kappa shape index (κ3) is 2.52. The molecule has 0 saturated heterocycles. The highest BCUT2D eigenvalue weighted by molar-refractivity contribution is 5.80. The summed E-state index contributed by atoms with van der Waals surface area (Å²) in [6.07, 6.45) is 2.55. The number of hydrogen-bond acceptors (Lipinski definition) is 3. The zero-order valence-corrected chi connectivity index (χ0v) is 11.4. The van der Waals surface area contributed by atoms with Gasteiger partial charge in [0.2, 0.25) is 5.91 Å². The van der Waals surface area contributed by atoms with Crippen molar-refractivity contribution >= 4 is 11.6 Å². The Labute approximate surface area is 117 Å². The van der Waals surface area contributed by atoms with Gasteiger partial charge in [-0.15, -0.1) is 0 Å². The molecule has 5 nitrogen and oxygen atoms in total. The maximum absolute atomic E-state index is 12.2. The summed E-state index contributed by atoms with van der Waals surface area (Å²) in [6.45, 7) is 3.17. The van der Waals surface area contributed by atoms with Gasteiger partial charge in [-0.05, 0) is 25.0 Å². The molecule has 5 heteroatoms. The molecule has 2 heterocycles. The average Bonchev–Trinajstić information content (AvgIpc) is 2.89. The van der Waals surface area contributed by atoms with E-state index in [1.807, 2.05) is 19.1 Å². The van der Waals surface area contributed by atoms with Crippen molar-refractivity contribution in [1.82, 2.24) is 15.5 Å². The van der Waals surface area contributed by atoms with E-state index in [1.165, 1.54) is 5.56 Å². The van der Waals surface area contributed by atoms with Crippen LogP contribution in [0.5, 0.6) is 0 Å². The normalized spacial score (nSPS) is 17.1. The number of nitrogens with one attached hydrogen (secondary N) is 3. The lowest BCUT2D eigenvalue weighted by Gasteiger charge is -2.25. The second-order valence-corrected chi connectivity index (χ2v) is 5.18. The van der Waals surface area contributed by atoms with E-state index in [1.54, 1.807) is 6.20 Å². The predicted molar refractivity (Wildman–Crippen MR) is 77.3 cm³/mol. The fourth-order valence-electron chi connectivity index (χ4n) is 2.51. The number of H-pyrrole nitrogens is 1. The lowest BCUT2D eigenvalue weighted by Crippen LogP contribution is -2.37. The largest absolute Gasteiger partial charge is 0.384 e. The lowest BCUT2D eigenvalue weighted by atomic mass is 9.93. The van der Waals surface area contributed by atoms with Crippen LogP contribution in [-0.2, 0) is 17.8 Å². The average molecular weight is 270 g/mol. The smallest absolute Gasteiger partial charge is 0.225 e. The molecule has 2 aromatic rings. The molecule has 1 aliphatic rings. The molecule has 0 radical (unpaired) electrons. The number of aryl methyl sites for hydroxylation is 1. The minimum atomic E-state index is -0.0166. The first kappa shape index (κ1) is 12.7. The van der Waals surface area contributed by atoms with Crippen LogP contribution >= 0.6 is 0 Å². The summed E-state index contributed by atoms with van der Waals surface area (Å²) in [7, 11) is 0. The summed E-state index contributed by atoms with van der Waals surface area (Å²) < 4.78 is 0. The second kappa shape index (κ2) is 5.36. The fourth-order valence-corrected chi connectivity index (χ4v) is 2.51. The van der Waals surface area contributed by atoms with Gasteiger partial charge in [0.15, 0.2) is 0 Å². The number of fused-ring (bicyclic) bond motifs is 1. The number of anilines is 1. The summed E-state index contributed by atoms with van der Waals surface area (Å²) in [5.74, 6) is 0.0738. The van der Waals surface area contributed by atoms with Gasteiger partial charge in [0.25, 0.3) is 0 Å². The van der Waals surface area contributed by atoms with E-state index < -0.39 is 0 Å². The topological polar surface area (TPSA) is 69.8 Å². The van der Waals surface area contributed by atoms with Crippen molar-refractivity contribution < 1.29 is 4.79 Å². The molecule has 3 rings (SSSR count). The molecule has 0 saturated carbocycles. The first-order valence-electron chi connectivity index (χ1n) is 6.82. The Hall–Kier alpha value is -2.30. The van der Waals surface area contributed by atoms with Crippen molar-refractivity contribution in [1.29, 1.82) is 0 Å². The quantitative estimate of drug-likeness (QED) is 0.793. The van der Waals surface area contributed by atoms with Gasteiger partial charge < -0.3 is 10.6 Å². The molecule has 1 aliphatic heterocycles. The molecule has 1 aromatic carbocycles. The number of aromatic amines is 1. The summed E-state index contributed by atoms with van der Waals surface area (Å²) in [4.78, 5) is 12.2. The van der Waals surface area contributed by atoms with Crippen LogP contribution in [0.25, 0.3) is 0 Å². The number of carbonyl (C=O) groups excluding carboxylic acids is 1. The van der Waals surface area contributed by atoms with Gasteiger partial charge in [-0.25, -0.2) is 0 Å². The minimum absolute atomic E-state index is 0.0166. The number of aromatic nitrogens is 2. The third-order valence-electron chi connectivity index (χ3n) is 3.78. The van der Waals surface area contributed by atoms with Crippen LogP contribution in [0.4, 0.5) is 5.69 Å². The van der Waals surface area contributed by atoms with E-state index in [9.17, 15) is 4.79 Å². The van der Waals surface area contributed by atoms with Gasteiger partial charge in [0.1, 0.15) is 0 Å². The van der Waals surface area contributed by atoms with E-state index in [2.05, 4.69) is 33.0 Å². The van der Waals surface area contributed by atoms with Crippen molar-refractivity contribution in [3.8, 4) is 0 Å². The van der Waals surface area contributed by atoms with Crippen molar-refractivity contribution in [2.75, 3.05) is 11.9 Å². The van der Waals surface area contributed by atoms with Crippen LogP contribution in [0.15, 0.2) is 30.5 Å². The number of hydrogen-bond donors (Lipinski definition) is 3. The molecule has 1 aromatic heterocycles. The molecule has 0 spiro atoms. The highest BCUT2D eigenvalue weighted by Gasteiger charge is 2.24. The predicted octanol–water partition coefficient (Wildman–Crippen LogP) is 1.62. The van der Waals surface area contributed by atoms with Gasteiger partial charge >= 0.3 is 0 Å². The van der Waals surface area contributed by atoms with Crippen LogP contribution < -0.4 is 10.6 Å². The minimum Gasteiger partial charge on any atom is -0.384 e. The van der Waals surface area contributed by atoms with E-state index in [-0.39, 0.29) is 11.8 Å². The Balaban J connectivity index is 1.60. The Bertz CT molecular complexity index is 620. The standard InChI is InChI=1S/C15H18N4O/c1-10-13(9-18-19-10)8-17-15(20)12-6-11-4-2-3-5-14(11)16-7-12/h2-5,9,12,16H,6-8H2,1H3,(H,17,20)(H,18,19). The van der Waals surface area contributed by atoms with Gasteiger partial charge in [-0.1, -0.05) is 18.2 Å². The van der Waals surface area contributed by atoms with Crippen LogP contribution in [0, 0.1) is 12.8 Å². The molecule has 3 N–H and O–H groups in total. The Morgan fingerprint density at radius 1 is 1.45 bits per heavy atom. The van der Waals surface area contributed by atoms with Crippen LogP contribution in [0.2, 0.25) is 0 Å². The summed E-state index contributed by atoms with van der Waals surface area (Å²) >= 11 is 0. The van der Waals surface area contributed by atoms with E-state index >= 15 is 0 Å². The zero-order valence-electron chi connectivity index (χ0n) is 11.4. The van der Waals surface area contributed by atoms with Gasteiger partial charge in [0.05, 0.1) is 12.1 Å². The maximum Gasteiger partial charge on any atom is 0.225 e. The molecule has 20 heavy (non-hydrogen) atoms. The number of amides is 1. The van der Waals surface area contributed by atoms with Crippen molar-refractivity contribution in [2.24, 2.45) is 5.92 Å². The highest BCUT2D eigenvalue weighted by atomic mass is 16.1. The molecule has 1 unspecified atom stereocenters. The van der Waals surface area contributed by atoms with Crippen molar-refractivity contribution in [3.05, 3.63) is 47.3 Å². The van der Waals surface area contributed by atoms with E-state index in [0.717, 1.165) is 23.4 Å². The molecule has 0 aliphatic carbocycles.